The summed E-state index contributed by atoms with van der Waals surface area (Å²) < 4.78 is 2.07. The molecule has 2 N–H and O–H groups in total. The minimum atomic E-state index is 0.0775. The highest BCUT2D eigenvalue weighted by molar-refractivity contribution is 4.99. The SMILES string of the molecule is CC(C)n1cnnc1C(N)C1CCC1. The third kappa shape index (κ3) is 1.54. The molecule has 1 unspecified atom stereocenters. The lowest BCUT2D eigenvalue weighted by molar-refractivity contribution is 0.251. The van der Waals surface area contributed by atoms with Crippen LogP contribution < -0.4 is 5.73 Å². The van der Waals surface area contributed by atoms with Crippen molar-refractivity contribution in [2.75, 3.05) is 0 Å². The van der Waals surface area contributed by atoms with Gasteiger partial charge in [0.2, 0.25) is 0 Å². The summed E-state index contributed by atoms with van der Waals surface area (Å²) in [6, 6.07) is 0.472. The van der Waals surface area contributed by atoms with Crippen LogP contribution in [-0.2, 0) is 0 Å². The first-order valence-corrected chi connectivity index (χ1v) is 5.35. The first-order valence-electron chi connectivity index (χ1n) is 5.35. The third-order valence-electron chi connectivity index (χ3n) is 3.11. The molecule has 2 rings (SSSR count). The van der Waals surface area contributed by atoms with Crippen LogP contribution in [0.5, 0.6) is 0 Å². The molecule has 1 atom stereocenters. The molecule has 0 aromatic carbocycles. The van der Waals surface area contributed by atoms with Gasteiger partial charge in [0.1, 0.15) is 12.2 Å². The van der Waals surface area contributed by atoms with Crippen molar-refractivity contribution >= 4 is 0 Å². The molecule has 0 spiro atoms. The monoisotopic (exact) mass is 194 g/mol. The van der Waals surface area contributed by atoms with Crippen molar-refractivity contribution in [3.63, 3.8) is 0 Å². The van der Waals surface area contributed by atoms with Gasteiger partial charge in [-0.25, -0.2) is 0 Å². The lowest BCUT2D eigenvalue weighted by atomic mass is 9.80. The fourth-order valence-corrected chi connectivity index (χ4v) is 1.90. The molecule has 14 heavy (non-hydrogen) atoms. The van der Waals surface area contributed by atoms with E-state index in [4.69, 9.17) is 5.73 Å². The predicted molar refractivity (Wildman–Crippen MR) is 54.7 cm³/mol. The molecule has 1 saturated carbocycles. The summed E-state index contributed by atoms with van der Waals surface area (Å²) in [6.45, 7) is 4.25. The molecule has 1 heterocycles. The molecule has 0 saturated heterocycles. The average molecular weight is 194 g/mol. The van der Waals surface area contributed by atoms with Gasteiger partial charge in [0, 0.05) is 6.04 Å². The van der Waals surface area contributed by atoms with Crippen molar-refractivity contribution < 1.29 is 0 Å². The van der Waals surface area contributed by atoms with Crippen molar-refractivity contribution in [3.05, 3.63) is 12.2 Å². The maximum atomic E-state index is 6.16. The van der Waals surface area contributed by atoms with E-state index in [-0.39, 0.29) is 6.04 Å². The van der Waals surface area contributed by atoms with Gasteiger partial charge in [0.05, 0.1) is 6.04 Å². The minimum Gasteiger partial charge on any atom is -0.321 e. The van der Waals surface area contributed by atoms with Crippen LogP contribution in [0.15, 0.2) is 6.33 Å². The highest BCUT2D eigenvalue weighted by Crippen LogP contribution is 2.35. The molecule has 1 fully saturated rings. The van der Waals surface area contributed by atoms with E-state index in [0.29, 0.717) is 12.0 Å². The maximum Gasteiger partial charge on any atom is 0.150 e. The standard InChI is InChI=1S/C10H18N4/c1-7(2)14-6-12-13-10(14)9(11)8-4-3-5-8/h6-9H,3-5,11H2,1-2H3. The molecular formula is C10H18N4. The van der Waals surface area contributed by atoms with E-state index in [9.17, 15) is 0 Å². The Morgan fingerprint density at radius 1 is 1.50 bits per heavy atom. The Morgan fingerprint density at radius 3 is 2.71 bits per heavy atom. The molecule has 1 aliphatic carbocycles. The molecule has 78 valence electrons. The van der Waals surface area contributed by atoms with Gasteiger partial charge in [0.15, 0.2) is 0 Å². The highest BCUT2D eigenvalue weighted by Gasteiger charge is 2.29. The van der Waals surface area contributed by atoms with Crippen molar-refractivity contribution in [3.8, 4) is 0 Å². The van der Waals surface area contributed by atoms with Crippen LogP contribution in [0, 0.1) is 5.92 Å². The Kier molecular flexibility index (Phi) is 2.54. The van der Waals surface area contributed by atoms with E-state index in [0.717, 1.165) is 5.82 Å². The molecular weight excluding hydrogens is 176 g/mol. The van der Waals surface area contributed by atoms with E-state index >= 15 is 0 Å². The van der Waals surface area contributed by atoms with E-state index < -0.39 is 0 Å². The number of nitrogens with two attached hydrogens (primary N) is 1. The summed E-state index contributed by atoms with van der Waals surface area (Å²) in [4.78, 5) is 0. The number of hydrogen-bond acceptors (Lipinski definition) is 3. The average Bonchev–Trinajstić information content (AvgIpc) is 2.47. The predicted octanol–water partition coefficient (Wildman–Crippen LogP) is 1.66. The van der Waals surface area contributed by atoms with Crippen molar-refractivity contribution in [2.45, 2.75) is 45.2 Å². The van der Waals surface area contributed by atoms with E-state index in [1.807, 2.05) is 0 Å². The zero-order chi connectivity index (χ0) is 10.1. The van der Waals surface area contributed by atoms with Crippen LogP contribution in [0.1, 0.15) is 51.0 Å². The van der Waals surface area contributed by atoms with E-state index in [1.54, 1.807) is 6.33 Å². The molecule has 1 aliphatic rings. The second kappa shape index (κ2) is 3.69. The quantitative estimate of drug-likeness (QED) is 0.796. The summed E-state index contributed by atoms with van der Waals surface area (Å²) in [7, 11) is 0. The summed E-state index contributed by atoms with van der Waals surface area (Å²) in [5.74, 6) is 1.57. The molecule has 1 aromatic rings. The number of rotatable bonds is 3. The lowest BCUT2D eigenvalue weighted by Gasteiger charge is -2.31. The van der Waals surface area contributed by atoms with Gasteiger partial charge in [-0.05, 0) is 32.6 Å². The molecule has 4 nitrogen and oxygen atoms in total. The van der Waals surface area contributed by atoms with Crippen molar-refractivity contribution in [1.29, 1.82) is 0 Å². The van der Waals surface area contributed by atoms with Crippen LogP contribution in [0.4, 0.5) is 0 Å². The smallest absolute Gasteiger partial charge is 0.150 e. The first kappa shape index (κ1) is 9.65. The van der Waals surface area contributed by atoms with Crippen LogP contribution in [-0.4, -0.2) is 14.8 Å². The summed E-state index contributed by atoms with van der Waals surface area (Å²) in [5.41, 5.74) is 6.16. The molecule has 0 bridgehead atoms. The first-order chi connectivity index (χ1) is 6.70. The molecule has 4 heteroatoms. The second-order valence-electron chi connectivity index (χ2n) is 4.41. The number of nitrogens with zero attached hydrogens (tertiary/aromatic N) is 3. The maximum absolute atomic E-state index is 6.16. The fourth-order valence-electron chi connectivity index (χ4n) is 1.90. The second-order valence-corrected chi connectivity index (χ2v) is 4.41. The molecule has 0 radical (unpaired) electrons. The van der Waals surface area contributed by atoms with Crippen LogP contribution in [0.3, 0.4) is 0 Å². The fraction of sp³-hybridized carbons (Fsp3) is 0.800. The van der Waals surface area contributed by atoms with E-state index in [2.05, 4.69) is 28.6 Å². The topological polar surface area (TPSA) is 56.7 Å². The Bertz CT molecular complexity index is 301. The number of aromatic nitrogens is 3. The molecule has 0 amide bonds. The zero-order valence-corrected chi connectivity index (χ0v) is 8.85. The van der Waals surface area contributed by atoms with Gasteiger partial charge in [-0.1, -0.05) is 6.42 Å². The van der Waals surface area contributed by atoms with Gasteiger partial charge < -0.3 is 10.3 Å². The van der Waals surface area contributed by atoms with Crippen LogP contribution in [0.25, 0.3) is 0 Å². The molecule has 1 aromatic heterocycles. The number of hydrogen-bond donors (Lipinski definition) is 1. The normalized spacial score (nSPS) is 19.7. The Morgan fingerprint density at radius 2 is 2.21 bits per heavy atom. The van der Waals surface area contributed by atoms with Crippen LogP contribution in [0.2, 0.25) is 0 Å². The van der Waals surface area contributed by atoms with Gasteiger partial charge in [-0.15, -0.1) is 10.2 Å². The third-order valence-corrected chi connectivity index (χ3v) is 3.11. The lowest BCUT2D eigenvalue weighted by Crippen LogP contribution is -2.29. The van der Waals surface area contributed by atoms with Crippen molar-refractivity contribution in [1.82, 2.24) is 14.8 Å². The van der Waals surface area contributed by atoms with Gasteiger partial charge in [0.25, 0.3) is 0 Å². The summed E-state index contributed by atoms with van der Waals surface area (Å²) in [5, 5.41) is 8.07. The van der Waals surface area contributed by atoms with Gasteiger partial charge >= 0.3 is 0 Å². The highest BCUT2D eigenvalue weighted by atomic mass is 15.3. The van der Waals surface area contributed by atoms with Crippen molar-refractivity contribution in [2.24, 2.45) is 11.7 Å². The minimum absolute atomic E-state index is 0.0775. The Labute approximate surface area is 84.5 Å². The summed E-state index contributed by atoms with van der Waals surface area (Å²) in [6.07, 6.45) is 5.57. The largest absolute Gasteiger partial charge is 0.321 e. The van der Waals surface area contributed by atoms with E-state index in [1.165, 1.54) is 19.3 Å². The summed E-state index contributed by atoms with van der Waals surface area (Å²) >= 11 is 0. The van der Waals surface area contributed by atoms with Gasteiger partial charge in [-0.2, -0.15) is 0 Å². The zero-order valence-electron chi connectivity index (χ0n) is 8.85. The Hall–Kier alpha value is -0.900. The van der Waals surface area contributed by atoms with Crippen LogP contribution >= 0.6 is 0 Å². The van der Waals surface area contributed by atoms with Gasteiger partial charge in [-0.3, -0.25) is 0 Å². The molecule has 0 aliphatic heterocycles. The Balaban J connectivity index is 2.17.